The molecule has 0 aliphatic rings. The van der Waals surface area contributed by atoms with E-state index in [1.807, 2.05) is 18.3 Å². The smallest absolute Gasteiger partial charge is 0.203 e. The molecule has 0 bridgehead atoms. The lowest BCUT2D eigenvalue weighted by Crippen LogP contribution is -2.17. The SMILES string of the molecule is CCc1cnc(C(C)NCc2ccc(C#N)o2)s1. The lowest BCUT2D eigenvalue weighted by molar-refractivity contribution is 0.453. The van der Waals surface area contributed by atoms with Crippen LogP contribution in [-0.2, 0) is 13.0 Å². The van der Waals surface area contributed by atoms with Gasteiger partial charge in [-0.25, -0.2) is 4.98 Å². The molecular weight excluding hydrogens is 246 g/mol. The Labute approximate surface area is 110 Å². The Morgan fingerprint density at radius 3 is 3.00 bits per heavy atom. The number of hydrogen-bond donors (Lipinski definition) is 1. The minimum Gasteiger partial charge on any atom is -0.449 e. The molecule has 0 saturated carbocycles. The molecule has 2 aromatic heterocycles. The van der Waals surface area contributed by atoms with Crippen molar-refractivity contribution in [3.05, 3.63) is 39.7 Å². The zero-order valence-electron chi connectivity index (χ0n) is 10.4. The van der Waals surface area contributed by atoms with Gasteiger partial charge in [-0.15, -0.1) is 11.3 Å². The molecule has 2 heterocycles. The number of rotatable bonds is 5. The van der Waals surface area contributed by atoms with Gasteiger partial charge in [0.05, 0.1) is 12.6 Å². The average Bonchev–Trinajstić information content (AvgIpc) is 3.04. The second-order valence-corrected chi connectivity index (χ2v) is 5.15. The fourth-order valence-electron chi connectivity index (χ4n) is 1.56. The number of thiazole rings is 1. The maximum atomic E-state index is 8.66. The molecule has 1 unspecified atom stereocenters. The van der Waals surface area contributed by atoms with Crippen LogP contribution in [0.3, 0.4) is 0 Å². The molecular formula is C13H15N3OS. The van der Waals surface area contributed by atoms with Crippen LogP contribution in [0.5, 0.6) is 0 Å². The second kappa shape index (κ2) is 5.80. The van der Waals surface area contributed by atoms with Crippen molar-refractivity contribution in [1.29, 1.82) is 5.26 Å². The minimum absolute atomic E-state index is 0.186. The van der Waals surface area contributed by atoms with Crippen LogP contribution in [0, 0.1) is 11.3 Å². The molecule has 1 N–H and O–H groups in total. The number of hydrogen-bond acceptors (Lipinski definition) is 5. The Hall–Kier alpha value is -1.64. The highest BCUT2D eigenvalue weighted by molar-refractivity contribution is 7.11. The number of aryl methyl sites for hydroxylation is 1. The van der Waals surface area contributed by atoms with Crippen LogP contribution in [0.2, 0.25) is 0 Å². The summed E-state index contributed by atoms with van der Waals surface area (Å²) in [6.45, 7) is 4.80. The maximum absolute atomic E-state index is 8.66. The van der Waals surface area contributed by atoms with Gasteiger partial charge in [-0.2, -0.15) is 5.26 Å². The normalized spacial score (nSPS) is 12.3. The van der Waals surface area contributed by atoms with Crippen LogP contribution in [0.4, 0.5) is 0 Å². The largest absolute Gasteiger partial charge is 0.449 e. The van der Waals surface area contributed by atoms with E-state index in [9.17, 15) is 0 Å². The van der Waals surface area contributed by atoms with Crippen LogP contribution < -0.4 is 5.32 Å². The predicted octanol–water partition coefficient (Wildman–Crippen LogP) is 3.02. The topological polar surface area (TPSA) is 61.9 Å². The molecule has 4 nitrogen and oxygen atoms in total. The number of nitrogens with zero attached hydrogens (tertiary/aromatic N) is 2. The summed E-state index contributed by atoms with van der Waals surface area (Å²) in [6, 6.07) is 5.66. The first kappa shape index (κ1) is 12.8. The molecule has 1 atom stereocenters. The highest BCUT2D eigenvalue weighted by atomic mass is 32.1. The molecule has 0 spiro atoms. The third-order valence-electron chi connectivity index (χ3n) is 2.64. The van der Waals surface area contributed by atoms with E-state index in [0.29, 0.717) is 12.3 Å². The van der Waals surface area contributed by atoms with Crippen molar-refractivity contribution in [1.82, 2.24) is 10.3 Å². The summed E-state index contributed by atoms with van der Waals surface area (Å²) in [5.41, 5.74) is 0. The summed E-state index contributed by atoms with van der Waals surface area (Å²) in [6.07, 6.45) is 2.95. The molecule has 2 aromatic rings. The monoisotopic (exact) mass is 261 g/mol. The van der Waals surface area contributed by atoms with Gasteiger partial charge in [-0.3, -0.25) is 0 Å². The molecule has 0 amide bonds. The molecule has 5 heteroatoms. The van der Waals surface area contributed by atoms with E-state index in [1.54, 1.807) is 17.4 Å². The van der Waals surface area contributed by atoms with Crippen LogP contribution in [0.1, 0.15) is 41.3 Å². The van der Waals surface area contributed by atoms with Crippen LogP contribution in [0.25, 0.3) is 0 Å². The van der Waals surface area contributed by atoms with Gasteiger partial charge in [0.25, 0.3) is 0 Å². The van der Waals surface area contributed by atoms with Crippen molar-refractivity contribution < 1.29 is 4.42 Å². The quantitative estimate of drug-likeness (QED) is 0.898. The van der Waals surface area contributed by atoms with E-state index < -0.39 is 0 Å². The summed E-state index contributed by atoms with van der Waals surface area (Å²) in [5.74, 6) is 1.12. The van der Waals surface area contributed by atoms with Crippen LogP contribution >= 0.6 is 11.3 Å². The third-order valence-corrected chi connectivity index (χ3v) is 3.97. The zero-order chi connectivity index (χ0) is 13.0. The number of nitriles is 1. The fraction of sp³-hybridized carbons (Fsp3) is 0.385. The van der Waals surface area contributed by atoms with E-state index in [-0.39, 0.29) is 6.04 Å². The van der Waals surface area contributed by atoms with Gasteiger partial charge in [-0.1, -0.05) is 6.92 Å². The summed E-state index contributed by atoms with van der Waals surface area (Å²) < 4.78 is 5.30. The van der Waals surface area contributed by atoms with Gasteiger partial charge in [0.2, 0.25) is 5.76 Å². The Bertz CT molecular complexity index is 553. The molecule has 2 rings (SSSR count). The molecule has 0 aromatic carbocycles. The minimum atomic E-state index is 0.186. The zero-order valence-corrected chi connectivity index (χ0v) is 11.3. The van der Waals surface area contributed by atoms with E-state index in [0.717, 1.165) is 17.2 Å². The first-order valence-electron chi connectivity index (χ1n) is 5.89. The molecule has 0 radical (unpaired) electrons. The van der Waals surface area contributed by atoms with Crippen molar-refractivity contribution in [2.24, 2.45) is 0 Å². The Morgan fingerprint density at radius 2 is 2.39 bits per heavy atom. The van der Waals surface area contributed by atoms with Gasteiger partial charge in [-0.05, 0) is 25.5 Å². The van der Waals surface area contributed by atoms with Crippen molar-refractivity contribution in [2.75, 3.05) is 0 Å². The standard InChI is InChI=1S/C13H15N3OS/c1-3-12-8-16-13(18-12)9(2)15-7-11-5-4-10(6-14)17-11/h4-5,8-9,15H,3,7H2,1-2H3. The van der Waals surface area contributed by atoms with Crippen molar-refractivity contribution in [2.45, 2.75) is 32.9 Å². The summed E-state index contributed by atoms with van der Waals surface area (Å²) in [4.78, 5) is 5.69. The lowest BCUT2D eigenvalue weighted by atomic mass is 10.3. The first-order valence-corrected chi connectivity index (χ1v) is 6.71. The van der Waals surface area contributed by atoms with Crippen molar-refractivity contribution in [3.8, 4) is 6.07 Å². The molecule has 0 aliphatic carbocycles. The fourth-order valence-corrected chi connectivity index (χ4v) is 2.44. The van der Waals surface area contributed by atoms with Gasteiger partial charge in [0, 0.05) is 11.1 Å². The van der Waals surface area contributed by atoms with Crippen molar-refractivity contribution in [3.63, 3.8) is 0 Å². The third kappa shape index (κ3) is 2.97. The molecule has 94 valence electrons. The van der Waals surface area contributed by atoms with Crippen molar-refractivity contribution >= 4 is 11.3 Å². The van der Waals surface area contributed by atoms with E-state index in [4.69, 9.17) is 9.68 Å². The van der Waals surface area contributed by atoms with Gasteiger partial charge in [0.1, 0.15) is 16.8 Å². The van der Waals surface area contributed by atoms with E-state index >= 15 is 0 Å². The number of aromatic nitrogens is 1. The number of furan rings is 1. The van der Waals surface area contributed by atoms with Crippen LogP contribution in [-0.4, -0.2) is 4.98 Å². The second-order valence-electron chi connectivity index (χ2n) is 4.00. The Morgan fingerprint density at radius 1 is 1.56 bits per heavy atom. The average molecular weight is 261 g/mol. The Balaban J connectivity index is 1.91. The molecule has 18 heavy (non-hydrogen) atoms. The summed E-state index contributed by atoms with van der Waals surface area (Å²) >= 11 is 1.73. The van der Waals surface area contributed by atoms with Gasteiger partial charge >= 0.3 is 0 Å². The van der Waals surface area contributed by atoms with Crippen LogP contribution in [0.15, 0.2) is 22.7 Å². The lowest BCUT2D eigenvalue weighted by Gasteiger charge is -2.09. The molecule has 0 saturated heterocycles. The molecule has 0 fully saturated rings. The van der Waals surface area contributed by atoms with Gasteiger partial charge in [0.15, 0.2) is 0 Å². The summed E-state index contributed by atoms with van der Waals surface area (Å²) in [5, 5.41) is 13.1. The van der Waals surface area contributed by atoms with E-state index in [2.05, 4.69) is 24.1 Å². The first-order chi connectivity index (χ1) is 8.72. The maximum Gasteiger partial charge on any atom is 0.203 e. The van der Waals surface area contributed by atoms with E-state index in [1.165, 1.54) is 4.88 Å². The highest BCUT2D eigenvalue weighted by Gasteiger charge is 2.10. The predicted molar refractivity (Wildman–Crippen MR) is 70.2 cm³/mol. The Kier molecular flexibility index (Phi) is 4.13. The molecule has 0 aliphatic heterocycles. The highest BCUT2D eigenvalue weighted by Crippen LogP contribution is 2.20. The van der Waals surface area contributed by atoms with Gasteiger partial charge < -0.3 is 9.73 Å². The summed E-state index contributed by atoms with van der Waals surface area (Å²) in [7, 11) is 0. The number of nitrogens with one attached hydrogen (secondary N) is 1.